The van der Waals surface area contributed by atoms with Gasteiger partial charge in [0.05, 0.1) is 17.6 Å². The number of nitro benzene ring substituents is 1. The molecule has 0 aromatic heterocycles. The van der Waals surface area contributed by atoms with Gasteiger partial charge in [-0.15, -0.1) is 0 Å². The first-order chi connectivity index (χ1) is 8.10. The number of hydrogen-bond acceptors (Lipinski definition) is 4. The van der Waals surface area contributed by atoms with Gasteiger partial charge < -0.3 is 4.74 Å². The topological polar surface area (TPSA) is 69.4 Å². The number of benzene rings is 1. The summed E-state index contributed by atoms with van der Waals surface area (Å²) in [5.74, 6) is -0.514. The number of para-hydroxylation sites is 1. The van der Waals surface area contributed by atoms with Gasteiger partial charge in [0, 0.05) is 17.0 Å². The van der Waals surface area contributed by atoms with E-state index in [9.17, 15) is 14.9 Å². The fourth-order valence-corrected chi connectivity index (χ4v) is 1.64. The van der Waals surface area contributed by atoms with E-state index in [4.69, 9.17) is 0 Å². The molecule has 0 aliphatic heterocycles. The Morgan fingerprint density at radius 1 is 1.53 bits per heavy atom. The normalized spacial score (nSPS) is 11.1. The minimum Gasteiger partial charge on any atom is -0.466 e. The van der Waals surface area contributed by atoms with Crippen LogP contribution in [-0.4, -0.2) is 23.3 Å². The first kappa shape index (κ1) is 13.4. The number of ether oxygens (including phenoxy) is 1. The second kappa shape index (κ2) is 6.15. The monoisotopic (exact) mass is 299 g/mol. The average molecular weight is 300 g/mol. The predicted octanol–water partition coefficient (Wildman–Crippen LogP) is 2.55. The lowest BCUT2D eigenvalue weighted by Crippen LogP contribution is -2.05. The fraction of sp³-hybridized carbons (Fsp3) is 0.182. The van der Waals surface area contributed by atoms with Gasteiger partial charge in [0.25, 0.3) is 5.69 Å². The van der Waals surface area contributed by atoms with Crippen LogP contribution < -0.4 is 0 Å². The smallest absolute Gasteiger partial charge is 0.334 e. The summed E-state index contributed by atoms with van der Waals surface area (Å²) < 4.78 is 4.57. The molecule has 0 atom stereocenters. The summed E-state index contributed by atoms with van der Waals surface area (Å²) in [5.41, 5.74) is 0.647. The summed E-state index contributed by atoms with van der Waals surface area (Å²) in [6, 6.07) is 6.20. The van der Waals surface area contributed by atoms with Crippen LogP contribution in [0.5, 0.6) is 0 Å². The zero-order chi connectivity index (χ0) is 12.8. The van der Waals surface area contributed by atoms with E-state index in [2.05, 4.69) is 20.7 Å². The molecule has 90 valence electrons. The van der Waals surface area contributed by atoms with Crippen molar-refractivity contribution in [2.24, 2.45) is 0 Å². The van der Waals surface area contributed by atoms with Gasteiger partial charge in [-0.1, -0.05) is 28.1 Å². The number of halogens is 1. The highest BCUT2D eigenvalue weighted by Crippen LogP contribution is 2.21. The van der Waals surface area contributed by atoms with E-state index >= 15 is 0 Å². The van der Waals surface area contributed by atoms with Gasteiger partial charge in [0.1, 0.15) is 0 Å². The number of carbonyl (C=O) groups excluding carboxylic acids is 1. The van der Waals surface area contributed by atoms with Gasteiger partial charge in [-0.3, -0.25) is 10.1 Å². The highest BCUT2D eigenvalue weighted by Gasteiger charge is 2.14. The van der Waals surface area contributed by atoms with E-state index in [1.165, 1.54) is 19.3 Å². The number of hydrogen-bond donors (Lipinski definition) is 0. The molecule has 0 bridgehead atoms. The quantitative estimate of drug-likeness (QED) is 0.282. The SMILES string of the molecule is COC(=O)/C(=C\c1ccccc1[N+](=O)[O-])CBr. The molecule has 5 nitrogen and oxygen atoms in total. The number of methoxy groups -OCH3 is 1. The second-order valence-corrected chi connectivity index (χ2v) is 3.67. The van der Waals surface area contributed by atoms with Crippen LogP contribution in [-0.2, 0) is 9.53 Å². The molecule has 6 heteroatoms. The Bertz CT molecular complexity index is 470. The van der Waals surface area contributed by atoms with Crippen LogP contribution in [0.4, 0.5) is 5.69 Å². The van der Waals surface area contributed by atoms with Crippen LogP contribution in [0.2, 0.25) is 0 Å². The minimum atomic E-state index is -0.514. The van der Waals surface area contributed by atoms with Crippen LogP contribution in [0.15, 0.2) is 29.8 Å². The molecule has 1 aromatic rings. The number of carbonyl (C=O) groups is 1. The molecule has 0 N–H and O–H groups in total. The van der Waals surface area contributed by atoms with Crippen molar-refractivity contribution >= 4 is 33.7 Å². The molecular formula is C11H10BrNO4. The Kier molecular flexibility index (Phi) is 4.84. The third kappa shape index (κ3) is 3.39. The van der Waals surface area contributed by atoms with Crippen LogP contribution >= 0.6 is 15.9 Å². The molecule has 0 saturated heterocycles. The Morgan fingerprint density at radius 2 is 2.18 bits per heavy atom. The number of rotatable bonds is 4. The number of esters is 1. The Labute approximate surface area is 106 Å². The molecular weight excluding hydrogens is 290 g/mol. The molecule has 0 aliphatic rings. The lowest BCUT2D eigenvalue weighted by molar-refractivity contribution is -0.385. The van der Waals surface area contributed by atoms with Crippen molar-refractivity contribution < 1.29 is 14.5 Å². The van der Waals surface area contributed by atoms with Crippen molar-refractivity contribution in [2.45, 2.75) is 0 Å². The van der Waals surface area contributed by atoms with E-state index in [-0.39, 0.29) is 11.0 Å². The number of nitro groups is 1. The van der Waals surface area contributed by atoms with Crippen molar-refractivity contribution in [2.75, 3.05) is 12.4 Å². The molecule has 0 spiro atoms. The van der Waals surface area contributed by atoms with Crippen molar-refractivity contribution in [3.63, 3.8) is 0 Å². The maximum Gasteiger partial charge on any atom is 0.334 e. The first-order valence-electron chi connectivity index (χ1n) is 4.68. The van der Waals surface area contributed by atoms with Crippen molar-refractivity contribution in [1.29, 1.82) is 0 Å². The number of alkyl halides is 1. The number of nitrogens with zero attached hydrogens (tertiary/aromatic N) is 1. The van der Waals surface area contributed by atoms with Gasteiger partial charge in [-0.25, -0.2) is 4.79 Å². The van der Waals surface area contributed by atoms with E-state index in [0.29, 0.717) is 11.1 Å². The highest BCUT2D eigenvalue weighted by molar-refractivity contribution is 9.09. The summed E-state index contributed by atoms with van der Waals surface area (Å²) in [7, 11) is 1.26. The summed E-state index contributed by atoms with van der Waals surface area (Å²) in [4.78, 5) is 21.6. The van der Waals surface area contributed by atoms with Gasteiger partial charge >= 0.3 is 5.97 Å². The maximum atomic E-state index is 11.3. The zero-order valence-electron chi connectivity index (χ0n) is 9.05. The summed E-state index contributed by atoms with van der Waals surface area (Å²) >= 11 is 3.14. The Hall–Kier alpha value is -1.69. The molecule has 0 aliphatic carbocycles. The van der Waals surface area contributed by atoms with E-state index in [1.807, 2.05) is 0 Å². The van der Waals surface area contributed by atoms with Crippen LogP contribution in [0, 0.1) is 10.1 Å². The second-order valence-electron chi connectivity index (χ2n) is 3.11. The van der Waals surface area contributed by atoms with E-state index < -0.39 is 10.9 Å². The van der Waals surface area contributed by atoms with E-state index in [1.54, 1.807) is 18.2 Å². The molecule has 0 amide bonds. The summed E-state index contributed by atoms with van der Waals surface area (Å²) in [6.45, 7) is 0. The van der Waals surface area contributed by atoms with Crippen molar-refractivity contribution in [1.82, 2.24) is 0 Å². The van der Waals surface area contributed by atoms with Crippen LogP contribution in [0.25, 0.3) is 6.08 Å². The molecule has 1 rings (SSSR count). The lowest BCUT2D eigenvalue weighted by Gasteiger charge is -2.02. The molecule has 0 heterocycles. The third-order valence-electron chi connectivity index (χ3n) is 2.05. The van der Waals surface area contributed by atoms with E-state index in [0.717, 1.165) is 0 Å². The maximum absolute atomic E-state index is 11.3. The Balaban J connectivity index is 3.20. The molecule has 17 heavy (non-hydrogen) atoms. The lowest BCUT2D eigenvalue weighted by atomic mass is 10.1. The average Bonchev–Trinajstić information content (AvgIpc) is 2.35. The molecule has 0 unspecified atom stereocenters. The summed E-state index contributed by atoms with van der Waals surface area (Å²) in [6.07, 6.45) is 1.44. The largest absolute Gasteiger partial charge is 0.466 e. The molecule has 0 radical (unpaired) electrons. The predicted molar refractivity (Wildman–Crippen MR) is 66.9 cm³/mol. The summed E-state index contributed by atoms with van der Waals surface area (Å²) in [5, 5.41) is 11.0. The van der Waals surface area contributed by atoms with Crippen LogP contribution in [0.3, 0.4) is 0 Å². The highest BCUT2D eigenvalue weighted by atomic mass is 79.9. The third-order valence-corrected chi connectivity index (χ3v) is 2.66. The van der Waals surface area contributed by atoms with Crippen LogP contribution in [0.1, 0.15) is 5.56 Å². The standard InChI is InChI=1S/C11H10BrNO4/c1-17-11(14)9(7-12)6-8-4-2-3-5-10(8)13(15)16/h2-6H,7H2,1H3/b9-6-. The molecule has 0 fully saturated rings. The molecule has 1 aromatic carbocycles. The fourth-order valence-electron chi connectivity index (χ4n) is 1.25. The van der Waals surface area contributed by atoms with Gasteiger partial charge in [0.15, 0.2) is 0 Å². The van der Waals surface area contributed by atoms with Crippen molar-refractivity contribution in [3.8, 4) is 0 Å². The minimum absolute atomic E-state index is 0.0464. The Morgan fingerprint density at radius 3 is 2.71 bits per heavy atom. The van der Waals surface area contributed by atoms with Gasteiger partial charge in [-0.2, -0.15) is 0 Å². The van der Waals surface area contributed by atoms with Gasteiger partial charge in [-0.05, 0) is 12.1 Å². The van der Waals surface area contributed by atoms with Gasteiger partial charge in [0.2, 0.25) is 0 Å². The zero-order valence-corrected chi connectivity index (χ0v) is 10.6. The van der Waals surface area contributed by atoms with Crippen molar-refractivity contribution in [3.05, 3.63) is 45.5 Å². The molecule has 0 saturated carbocycles. The first-order valence-corrected chi connectivity index (χ1v) is 5.80.